The first-order valence-electron chi connectivity index (χ1n) is 10.4. The summed E-state index contributed by atoms with van der Waals surface area (Å²) in [5, 5.41) is 2.82. The van der Waals surface area contributed by atoms with Crippen molar-refractivity contribution in [3.63, 3.8) is 0 Å². The number of rotatable bonds is 5. The third-order valence-electron chi connectivity index (χ3n) is 6.21. The summed E-state index contributed by atoms with van der Waals surface area (Å²) in [6, 6.07) is 11.7. The number of methoxy groups -OCH3 is 2. The van der Waals surface area contributed by atoms with E-state index < -0.39 is 0 Å². The van der Waals surface area contributed by atoms with E-state index in [0.717, 1.165) is 19.3 Å². The fraction of sp³-hybridized carbons (Fsp3) is 0.375. The first kappa shape index (κ1) is 20.9. The lowest BCUT2D eigenvalue weighted by atomic mass is 9.76. The van der Waals surface area contributed by atoms with Gasteiger partial charge in [0, 0.05) is 11.6 Å². The van der Waals surface area contributed by atoms with E-state index in [1.165, 1.54) is 12.0 Å². The number of nitrogens with zero attached hydrogens (tertiary/aromatic N) is 1. The number of ether oxygens (including phenoxy) is 2. The Bertz CT molecular complexity index is 1030. The molecule has 3 amide bonds. The summed E-state index contributed by atoms with van der Waals surface area (Å²) < 4.78 is 10.5. The summed E-state index contributed by atoms with van der Waals surface area (Å²) in [5.74, 6) is 0.314. The molecule has 0 radical (unpaired) electrons. The molecule has 1 saturated heterocycles. The van der Waals surface area contributed by atoms with Gasteiger partial charge in [0.1, 0.15) is 11.5 Å². The van der Waals surface area contributed by atoms with Crippen LogP contribution in [0.2, 0.25) is 0 Å². The molecule has 0 bridgehead atoms. The Labute approximate surface area is 181 Å². The van der Waals surface area contributed by atoms with Crippen LogP contribution < -0.4 is 19.7 Å². The lowest BCUT2D eigenvalue weighted by molar-refractivity contribution is -0.122. The number of hydrogen-bond donors (Lipinski definition) is 1. The van der Waals surface area contributed by atoms with Gasteiger partial charge in [0.2, 0.25) is 11.8 Å². The van der Waals surface area contributed by atoms with Gasteiger partial charge in [-0.15, -0.1) is 0 Å². The van der Waals surface area contributed by atoms with Crippen LogP contribution in [-0.2, 0) is 9.59 Å². The molecule has 0 aromatic heterocycles. The van der Waals surface area contributed by atoms with Crippen molar-refractivity contribution in [3.8, 4) is 11.5 Å². The monoisotopic (exact) mass is 422 g/mol. The maximum absolute atomic E-state index is 13.0. The van der Waals surface area contributed by atoms with Crippen LogP contribution in [-0.4, -0.2) is 31.9 Å². The van der Waals surface area contributed by atoms with Gasteiger partial charge in [-0.25, -0.2) is 0 Å². The Morgan fingerprint density at radius 2 is 1.77 bits per heavy atom. The molecule has 31 heavy (non-hydrogen) atoms. The Hall–Kier alpha value is -3.35. The summed E-state index contributed by atoms with van der Waals surface area (Å²) in [7, 11) is 3.06. The van der Waals surface area contributed by atoms with Gasteiger partial charge in [0.05, 0.1) is 37.4 Å². The molecule has 1 saturated carbocycles. The van der Waals surface area contributed by atoms with Crippen molar-refractivity contribution in [1.82, 2.24) is 0 Å². The van der Waals surface area contributed by atoms with Gasteiger partial charge in [-0.2, -0.15) is 0 Å². The number of fused-ring (bicyclic) bond motifs is 1. The van der Waals surface area contributed by atoms with Gasteiger partial charge < -0.3 is 14.8 Å². The Kier molecular flexibility index (Phi) is 5.67. The molecule has 1 heterocycles. The molecular formula is C24H26N2O5. The lowest BCUT2D eigenvalue weighted by Gasteiger charge is -2.25. The highest BCUT2D eigenvalue weighted by Gasteiger charge is 2.50. The standard InChI is InChI=1S/C24H26N2O5/c1-14-7-9-18-19(11-14)24(29)26(23(18)28)16-6-4-5-15(12-16)22(27)25-20-13-17(30-2)8-10-21(20)31-3/h4-6,8,10,12-14,18-19H,7,9,11H2,1-3H3,(H,25,27)/t14-,18+,19-/m1/s1. The molecule has 2 aromatic rings. The number of carbonyl (C=O) groups excluding carboxylic acids is 3. The minimum atomic E-state index is -0.376. The molecule has 2 fully saturated rings. The minimum absolute atomic E-state index is 0.158. The Balaban J connectivity index is 1.58. The molecule has 7 nitrogen and oxygen atoms in total. The number of imide groups is 1. The molecule has 3 atom stereocenters. The zero-order valence-electron chi connectivity index (χ0n) is 17.9. The molecule has 4 rings (SSSR count). The van der Waals surface area contributed by atoms with Crippen LogP contribution in [0.5, 0.6) is 11.5 Å². The minimum Gasteiger partial charge on any atom is -0.497 e. The number of hydrogen-bond acceptors (Lipinski definition) is 5. The molecule has 1 aliphatic heterocycles. The third-order valence-corrected chi connectivity index (χ3v) is 6.21. The van der Waals surface area contributed by atoms with Gasteiger partial charge in [-0.1, -0.05) is 13.0 Å². The zero-order chi connectivity index (χ0) is 22.1. The molecular weight excluding hydrogens is 396 g/mol. The van der Waals surface area contributed by atoms with Crippen LogP contribution in [0.1, 0.15) is 36.5 Å². The second-order valence-electron chi connectivity index (χ2n) is 8.21. The smallest absolute Gasteiger partial charge is 0.255 e. The van der Waals surface area contributed by atoms with E-state index in [2.05, 4.69) is 12.2 Å². The van der Waals surface area contributed by atoms with Crippen molar-refractivity contribution in [2.45, 2.75) is 26.2 Å². The fourth-order valence-electron chi connectivity index (χ4n) is 4.54. The summed E-state index contributed by atoms with van der Waals surface area (Å²) in [5.41, 5.74) is 1.24. The average Bonchev–Trinajstić information content (AvgIpc) is 3.03. The summed E-state index contributed by atoms with van der Waals surface area (Å²) in [6.07, 6.45) is 2.43. The van der Waals surface area contributed by atoms with Crippen LogP contribution >= 0.6 is 0 Å². The Morgan fingerprint density at radius 1 is 1.00 bits per heavy atom. The maximum Gasteiger partial charge on any atom is 0.255 e. The van der Waals surface area contributed by atoms with Crippen molar-refractivity contribution in [3.05, 3.63) is 48.0 Å². The van der Waals surface area contributed by atoms with Crippen LogP contribution in [0.4, 0.5) is 11.4 Å². The van der Waals surface area contributed by atoms with Crippen LogP contribution in [0, 0.1) is 17.8 Å². The normalized spacial score (nSPS) is 22.8. The number of benzene rings is 2. The largest absolute Gasteiger partial charge is 0.497 e. The van der Waals surface area contributed by atoms with Crippen molar-refractivity contribution < 1.29 is 23.9 Å². The van der Waals surface area contributed by atoms with Crippen molar-refractivity contribution in [1.29, 1.82) is 0 Å². The first-order chi connectivity index (χ1) is 14.9. The summed E-state index contributed by atoms with van der Waals surface area (Å²) in [4.78, 5) is 40.1. The second kappa shape index (κ2) is 8.41. The highest BCUT2D eigenvalue weighted by atomic mass is 16.5. The van der Waals surface area contributed by atoms with Gasteiger partial charge in [0.15, 0.2) is 0 Å². The average molecular weight is 422 g/mol. The highest BCUT2D eigenvalue weighted by molar-refractivity contribution is 6.22. The van der Waals surface area contributed by atoms with Gasteiger partial charge in [0.25, 0.3) is 5.91 Å². The van der Waals surface area contributed by atoms with E-state index in [4.69, 9.17) is 9.47 Å². The van der Waals surface area contributed by atoms with E-state index in [-0.39, 0.29) is 29.6 Å². The molecule has 1 N–H and O–H groups in total. The van der Waals surface area contributed by atoms with E-state index in [0.29, 0.717) is 34.4 Å². The SMILES string of the molecule is COc1ccc(OC)c(NC(=O)c2cccc(N3C(=O)[C@H]4CC[C@@H](C)C[C@H]4C3=O)c2)c1. The van der Waals surface area contributed by atoms with Crippen LogP contribution in [0.25, 0.3) is 0 Å². The predicted octanol–water partition coefficient (Wildman–Crippen LogP) is 3.88. The maximum atomic E-state index is 13.0. The number of carbonyl (C=O) groups is 3. The van der Waals surface area contributed by atoms with Gasteiger partial charge in [-0.05, 0) is 55.5 Å². The van der Waals surface area contributed by atoms with Crippen molar-refractivity contribution in [2.75, 3.05) is 24.4 Å². The molecule has 1 aliphatic carbocycles. The fourth-order valence-corrected chi connectivity index (χ4v) is 4.54. The second-order valence-corrected chi connectivity index (χ2v) is 8.21. The van der Waals surface area contributed by atoms with E-state index in [9.17, 15) is 14.4 Å². The quantitative estimate of drug-likeness (QED) is 0.739. The summed E-state index contributed by atoms with van der Waals surface area (Å²) >= 11 is 0. The van der Waals surface area contributed by atoms with Crippen LogP contribution in [0.15, 0.2) is 42.5 Å². The van der Waals surface area contributed by atoms with Gasteiger partial charge >= 0.3 is 0 Å². The molecule has 0 spiro atoms. The highest BCUT2D eigenvalue weighted by Crippen LogP contribution is 2.42. The number of amides is 3. The first-order valence-corrected chi connectivity index (χ1v) is 10.4. The molecule has 2 aromatic carbocycles. The lowest BCUT2D eigenvalue weighted by Crippen LogP contribution is -2.31. The molecule has 7 heteroatoms. The number of anilines is 2. The predicted molar refractivity (Wildman–Crippen MR) is 116 cm³/mol. The molecule has 0 unspecified atom stereocenters. The molecule has 162 valence electrons. The van der Waals surface area contributed by atoms with E-state index >= 15 is 0 Å². The van der Waals surface area contributed by atoms with Gasteiger partial charge in [-0.3, -0.25) is 19.3 Å². The third kappa shape index (κ3) is 3.87. The summed E-state index contributed by atoms with van der Waals surface area (Å²) in [6.45, 7) is 2.12. The topological polar surface area (TPSA) is 84.9 Å². The molecule has 2 aliphatic rings. The van der Waals surface area contributed by atoms with E-state index in [1.54, 1.807) is 49.6 Å². The van der Waals surface area contributed by atoms with Crippen LogP contribution in [0.3, 0.4) is 0 Å². The van der Waals surface area contributed by atoms with E-state index in [1.807, 2.05) is 0 Å². The Morgan fingerprint density at radius 3 is 2.52 bits per heavy atom. The van der Waals surface area contributed by atoms with Crippen molar-refractivity contribution >= 4 is 29.1 Å². The number of nitrogens with one attached hydrogen (secondary N) is 1. The zero-order valence-corrected chi connectivity index (χ0v) is 17.9. The van der Waals surface area contributed by atoms with Crippen molar-refractivity contribution in [2.24, 2.45) is 17.8 Å².